The molecular weight excluding hydrogens is 452 g/mol. The Kier molecular flexibility index (Phi) is 9.25. The minimum absolute atomic E-state index is 0.159. The van der Waals surface area contributed by atoms with Crippen LogP contribution in [0.3, 0.4) is 0 Å². The smallest absolute Gasteiger partial charge is 0.229 e. The summed E-state index contributed by atoms with van der Waals surface area (Å²) in [4.78, 5) is 12.3. The molecule has 34 heavy (non-hydrogen) atoms. The fourth-order valence-electron chi connectivity index (χ4n) is 4.01. The van der Waals surface area contributed by atoms with Gasteiger partial charge >= 0.3 is 0 Å². The lowest BCUT2D eigenvalue weighted by Gasteiger charge is -2.41. The molecule has 6 heteroatoms. The first-order valence-corrected chi connectivity index (χ1v) is 11.8. The SMILES string of the molecule is O=C(Cl)[C@@H]1CO[C@H](COCc2ccccc2)[C@H](OCc2ccccc2)[C@@H]1OCc1ccccc1. The van der Waals surface area contributed by atoms with Crippen molar-refractivity contribution in [3.63, 3.8) is 0 Å². The third kappa shape index (κ3) is 6.98. The first-order valence-electron chi connectivity index (χ1n) is 11.4. The third-order valence-electron chi connectivity index (χ3n) is 5.83. The number of rotatable bonds is 11. The maximum Gasteiger partial charge on any atom is 0.229 e. The zero-order valence-electron chi connectivity index (χ0n) is 18.9. The maximum absolute atomic E-state index is 12.3. The molecule has 0 aliphatic carbocycles. The highest BCUT2D eigenvalue weighted by Crippen LogP contribution is 2.29. The van der Waals surface area contributed by atoms with Crippen molar-refractivity contribution in [3.05, 3.63) is 108 Å². The lowest BCUT2D eigenvalue weighted by Crippen LogP contribution is -2.55. The number of hydrogen-bond acceptors (Lipinski definition) is 5. The van der Waals surface area contributed by atoms with Gasteiger partial charge in [0, 0.05) is 0 Å². The molecule has 0 N–H and O–H groups in total. The molecule has 0 radical (unpaired) electrons. The monoisotopic (exact) mass is 480 g/mol. The van der Waals surface area contributed by atoms with Gasteiger partial charge in [-0.25, -0.2) is 0 Å². The molecule has 3 aromatic rings. The van der Waals surface area contributed by atoms with Crippen LogP contribution >= 0.6 is 11.6 Å². The number of halogens is 1. The molecular formula is C28H29ClO5. The lowest BCUT2D eigenvalue weighted by atomic mass is 9.92. The van der Waals surface area contributed by atoms with Crippen molar-refractivity contribution >= 4 is 16.8 Å². The Labute approximate surface area is 205 Å². The first-order chi connectivity index (χ1) is 16.7. The van der Waals surface area contributed by atoms with Gasteiger partial charge in [-0.3, -0.25) is 4.79 Å². The van der Waals surface area contributed by atoms with Crippen LogP contribution < -0.4 is 0 Å². The topological polar surface area (TPSA) is 54.0 Å². The molecule has 1 aliphatic rings. The molecule has 4 atom stereocenters. The van der Waals surface area contributed by atoms with Crippen LogP contribution in [0.2, 0.25) is 0 Å². The van der Waals surface area contributed by atoms with Gasteiger partial charge < -0.3 is 18.9 Å². The van der Waals surface area contributed by atoms with Crippen molar-refractivity contribution in [1.29, 1.82) is 0 Å². The summed E-state index contributed by atoms with van der Waals surface area (Å²) in [6.45, 7) is 1.63. The summed E-state index contributed by atoms with van der Waals surface area (Å²) in [6, 6.07) is 29.7. The van der Waals surface area contributed by atoms with Crippen molar-refractivity contribution in [1.82, 2.24) is 0 Å². The Balaban J connectivity index is 1.48. The van der Waals surface area contributed by atoms with Crippen molar-refractivity contribution in [2.45, 2.75) is 38.1 Å². The van der Waals surface area contributed by atoms with Gasteiger partial charge in [0.15, 0.2) is 0 Å². The predicted molar refractivity (Wildman–Crippen MR) is 130 cm³/mol. The fraction of sp³-hybridized carbons (Fsp3) is 0.321. The second-order valence-corrected chi connectivity index (χ2v) is 8.68. The van der Waals surface area contributed by atoms with Crippen LogP contribution in [0.1, 0.15) is 16.7 Å². The second kappa shape index (κ2) is 12.8. The van der Waals surface area contributed by atoms with Crippen molar-refractivity contribution < 1.29 is 23.7 Å². The summed E-state index contributed by atoms with van der Waals surface area (Å²) in [7, 11) is 0. The van der Waals surface area contributed by atoms with Crippen LogP contribution in [-0.4, -0.2) is 36.8 Å². The average Bonchev–Trinajstić information content (AvgIpc) is 2.88. The molecule has 178 valence electrons. The third-order valence-corrected chi connectivity index (χ3v) is 6.11. The van der Waals surface area contributed by atoms with E-state index in [0.29, 0.717) is 26.4 Å². The summed E-state index contributed by atoms with van der Waals surface area (Å²) in [6.07, 6.45) is -1.49. The molecule has 0 amide bonds. The van der Waals surface area contributed by atoms with E-state index >= 15 is 0 Å². The van der Waals surface area contributed by atoms with Crippen molar-refractivity contribution in [3.8, 4) is 0 Å². The van der Waals surface area contributed by atoms with Crippen LogP contribution in [0.4, 0.5) is 0 Å². The molecule has 1 heterocycles. The molecule has 0 spiro atoms. The van der Waals surface area contributed by atoms with E-state index in [1.54, 1.807) is 0 Å². The molecule has 3 aromatic carbocycles. The standard InChI is InChI=1S/C28H29ClO5/c29-28(30)24-19-32-25(20-31-16-21-10-4-1-5-11-21)27(34-18-23-14-8-3-9-15-23)26(24)33-17-22-12-6-2-7-13-22/h1-15,24-27H,16-20H2/t24-,25-,26-,27+/m1/s1. The van der Waals surface area contributed by atoms with Crippen LogP contribution in [-0.2, 0) is 43.6 Å². The highest BCUT2D eigenvalue weighted by atomic mass is 35.5. The first kappa shape index (κ1) is 24.6. The largest absolute Gasteiger partial charge is 0.374 e. The van der Waals surface area contributed by atoms with Crippen LogP contribution in [0, 0.1) is 5.92 Å². The normalized spacial score (nSPS) is 22.4. The van der Waals surface area contributed by atoms with Gasteiger partial charge in [0.05, 0.1) is 45.1 Å². The summed E-state index contributed by atoms with van der Waals surface area (Å²) < 4.78 is 24.6. The van der Waals surface area contributed by atoms with E-state index in [1.807, 2.05) is 91.0 Å². The van der Waals surface area contributed by atoms with E-state index in [0.717, 1.165) is 16.7 Å². The molecule has 0 bridgehead atoms. The van der Waals surface area contributed by atoms with E-state index in [2.05, 4.69) is 0 Å². The van der Waals surface area contributed by atoms with Gasteiger partial charge in [0.1, 0.15) is 12.2 Å². The molecule has 1 saturated heterocycles. The van der Waals surface area contributed by atoms with Crippen LogP contribution in [0.15, 0.2) is 91.0 Å². The molecule has 0 aromatic heterocycles. The van der Waals surface area contributed by atoms with Crippen molar-refractivity contribution in [2.75, 3.05) is 13.2 Å². The van der Waals surface area contributed by atoms with E-state index in [1.165, 1.54) is 0 Å². The summed E-state index contributed by atoms with van der Waals surface area (Å²) >= 11 is 5.96. The zero-order valence-corrected chi connectivity index (χ0v) is 19.7. The number of benzene rings is 3. The Morgan fingerprint density at radius 1 is 0.735 bits per heavy atom. The Morgan fingerprint density at radius 3 is 1.71 bits per heavy atom. The van der Waals surface area contributed by atoms with Gasteiger partial charge in [0.25, 0.3) is 0 Å². The molecule has 0 saturated carbocycles. The Morgan fingerprint density at radius 2 is 1.21 bits per heavy atom. The lowest BCUT2D eigenvalue weighted by molar-refractivity contribution is -0.216. The quantitative estimate of drug-likeness (QED) is 0.355. The predicted octanol–water partition coefficient (Wildman–Crippen LogP) is 5.15. The fourth-order valence-corrected chi connectivity index (χ4v) is 4.20. The summed E-state index contributed by atoms with van der Waals surface area (Å²) in [5.74, 6) is -0.628. The van der Waals surface area contributed by atoms with Gasteiger partial charge in [-0.2, -0.15) is 0 Å². The molecule has 0 unspecified atom stereocenters. The summed E-state index contributed by atoms with van der Waals surface area (Å²) in [5, 5.41) is -0.491. The minimum Gasteiger partial charge on any atom is -0.374 e. The van der Waals surface area contributed by atoms with Crippen LogP contribution in [0.5, 0.6) is 0 Å². The second-order valence-electron chi connectivity index (χ2n) is 8.31. The van der Waals surface area contributed by atoms with Gasteiger partial charge in [-0.1, -0.05) is 91.0 Å². The number of ether oxygens (including phenoxy) is 4. The zero-order chi connectivity index (χ0) is 23.6. The van der Waals surface area contributed by atoms with Gasteiger partial charge in [0.2, 0.25) is 5.24 Å². The molecule has 5 nitrogen and oxygen atoms in total. The van der Waals surface area contributed by atoms with E-state index in [-0.39, 0.29) is 6.61 Å². The average molecular weight is 481 g/mol. The summed E-state index contributed by atoms with van der Waals surface area (Å²) in [5.41, 5.74) is 3.10. The van der Waals surface area contributed by atoms with Gasteiger partial charge in [-0.05, 0) is 28.3 Å². The molecule has 1 aliphatic heterocycles. The highest BCUT2D eigenvalue weighted by molar-refractivity contribution is 6.64. The van der Waals surface area contributed by atoms with Crippen LogP contribution in [0.25, 0.3) is 0 Å². The Bertz CT molecular complexity index is 999. The van der Waals surface area contributed by atoms with E-state index < -0.39 is 29.5 Å². The van der Waals surface area contributed by atoms with E-state index in [9.17, 15) is 4.79 Å². The van der Waals surface area contributed by atoms with Crippen molar-refractivity contribution in [2.24, 2.45) is 5.92 Å². The molecule has 1 fully saturated rings. The number of carbonyl (C=O) groups excluding carboxylic acids is 1. The number of hydrogen-bond donors (Lipinski definition) is 0. The molecule has 4 rings (SSSR count). The highest BCUT2D eigenvalue weighted by Gasteiger charge is 2.45. The minimum atomic E-state index is -0.628. The van der Waals surface area contributed by atoms with E-state index in [4.69, 9.17) is 30.5 Å². The Hall–Kier alpha value is -2.54. The number of carbonyl (C=O) groups is 1. The maximum atomic E-state index is 12.3. The van der Waals surface area contributed by atoms with Gasteiger partial charge in [-0.15, -0.1) is 0 Å².